The van der Waals surface area contributed by atoms with Crippen LogP contribution >= 0.6 is 144 Å². The fourth-order valence-corrected chi connectivity index (χ4v) is 16.1. The average Bonchev–Trinajstić information content (AvgIpc) is 1.62. The van der Waals surface area contributed by atoms with Gasteiger partial charge in [0.25, 0.3) is 70.2 Å². The van der Waals surface area contributed by atoms with E-state index in [0.29, 0.717) is 106 Å². The zero-order valence-electron chi connectivity index (χ0n) is 56.4. The maximum absolute atomic E-state index is 12.4. The van der Waals surface area contributed by atoms with Crippen molar-refractivity contribution in [2.45, 2.75) is 71.9 Å². The lowest BCUT2D eigenvalue weighted by molar-refractivity contribution is -0.386. The molecule has 10 amide bonds. The molecule has 8 aliphatic heterocycles. The molecule has 0 saturated carbocycles. The number of carbonyl (C=O) groups is 10. The van der Waals surface area contributed by atoms with Crippen LogP contribution in [0.5, 0.6) is 0 Å². The molecule has 0 aromatic heterocycles. The number of nitro benzene ring substituents is 3. The lowest BCUT2D eigenvalue weighted by Crippen LogP contribution is -2.36. The van der Waals surface area contributed by atoms with Crippen LogP contribution in [0.3, 0.4) is 0 Å². The highest BCUT2D eigenvalue weighted by molar-refractivity contribution is 14.1. The first-order valence-electron chi connectivity index (χ1n) is 31.4. The van der Waals surface area contributed by atoms with Gasteiger partial charge in [-0.25, -0.2) is 9.69 Å². The number of rotatable bonds is 3. The lowest BCUT2D eigenvalue weighted by Gasteiger charge is -2.23. The third kappa shape index (κ3) is 18.4. The number of halogens is 9. The van der Waals surface area contributed by atoms with Gasteiger partial charge in [0.2, 0.25) is 0 Å². The SMILES string of the molecule is CC(C)(C)OC(=O)N1Cc2c(I)c(Cl)cc(Br)c2C1=O.Nc1c(Cl)cc(Br)c2c1CNC2=O.Nc1ccc(Br)c2c1CNC2=O.Nc1cccc2c1CNC2=O.O=C1NC(=O)c2c1cccc2[N+](=O)[O-].O=C1NC(O)c2c1cccc2[N+](=O)[O-].O=C1NCc2c(I)c(Cl)cc(Br)c21.O=C1NCc2c1cccc2[N+](=O)[O-]. The number of nitro groups is 3. The highest BCUT2D eigenvalue weighted by Crippen LogP contribution is 2.40. The number of nitrogens with zero attached hydrogens (tertiary/aromatic N) is 4. The van der Waals surface area contributed by atoms with E-state index in [4.69, 9.17) is 56.7 Å². The number of aliphatic hydroxyl groups is 1. The van der Waals surface area contributed by atoms with Crippen LogP contribution in [-0.4, -0.2) is 89.6 Å². The molecule has 110 heavy (non-hydrogen) atoms. The minimum absolute atomic E-state index is 0.0100. The van der Waals surface area contributed by atoms with Crippen molar-refractivity contribution in [2.75, 3.05) is 17.2 Å². The van der Waals surface area contributed by atoms with Crippen molar-refractivity contribution >= 4 is 237 Å². The Balaban J connectivity index is 0.000000145. The van der Waals surface area contributed by atoms with E-state index in [1.807, 2.05) is 5.32 Å². The van der Waals surface area contributed by atoms with Gasteiger partial charge in [-0.3, -0.25) is 78.8 Å². The van der Waals surface area contributed by atoms with Gasteiger partial charge >= 0.3 is 6.09 Å². The molecule has 32 nitrogen and oxygen atoms in total. The van der Waals surface area contributed by atoms with Crippen molar-refractivity contribution in [1.82, 2.24) is 42.1 Å². The molecule has 8 heterocycles. The summed E-state index contributed by atoms with van der Waals surface area (Å²) in [5.41, 5.74) is 26.2. The Morgan fingerprint density at radius 1 is 0.491 bits per heavy atom. The van der Waals surface area contributed by atoms with E-state index in [1.54, 1.807) is 75.4 Å². The van der Waals surface area contributed by atoms with Gasteiger partial charge in [0.05, 0.1) is 98.7 Å². The summed E-state index contributed by atoms with van der Waals surface area (Å²) >= 11 is 35.4. The van der Waals surface area contributed by atoms with E-state index in [1.165, 1.54) is 48.5 Å². The van der Waals surface area contributed by atoms with Crippen LogP contribution in [0.4, 0.5) is 38.9 Å². The van der Waals surface area contributed by atoms with Gasteiger partial charge in [-0.1, -0.05) is 59.1 Å². The molecule has 0 saturated heterocycles. The number of ether oxygens (including phenoxy) is 1. The van der Waals surface area contributed by atoms with E-state index < -0.39 is 50.4 Å². The molecule has 8 aromatic carbocycles. The molecule has 0 fully saturated rings. The van der Waals surface area contributed by atoms with Crippen LogP contribution < -0.4 is 54.4 Å². The lowest BCUT2D eigenvalue weighted by atomic mass is 10.1. The van der Waals surface area contributed by atoms with E-state index in [2.05, 4.69) is 141 Å². The number of carbonyl (C=O) groups excluding carboxylic acids is 10. The molecule has 8 aliphatic rings. The van der Waals surface area contributed by atoms with Crippen LogP contribution in [0.25, 0.3) is 0 Å². The summed E-state index contributed by atoms with van der Waals surface area (Å²) in [6.45, 7) is 7.86. The van der Waals surface area contributed by atoms with Crippen molar-refractivity contribution < 1.29 is 72.6 Å². The number of fused-ring (bicyclic) bond motifs is 8. The number of anilines is 3. The fourth-order valence-electron chi connectivity index (χ4n) is 11.4. The number of imide groups is 2. The predicted octanol–water partition coefficient (Wildman–Crippen LogP) is 12.9. The number of amides is 10. The monoisotopic (exact) mass is 2040 g/mol. The third-order valence-corrected chi connectivity index (χ3v) is 23.0. The molecule has 1 atom stereocenters. The second kappa shape index (κ2) is 35.2. The van der Waals surface area contributed by atoms with Gasteiger partial charge in [-0.15, -0.1) is 0 Å². The summed E-state index contributed by atoms with van der Waals surface area (Å²) in [6, 6.07) is 26.6. The molecule has 8 aromatic rings. The Hall–Kier alpha value is -9.53. The Bertz CT molecular complexity index is 5270. The largest absolute Gasteiger partial charge is 0.443 e. The number of benzene rings is 8. The van der Waals surface area contributed by atoms with Crippen LogP contribution in [0.2, 0.25) is 15.1 Å². The second-order valence-corrected chi connectivity index (χ2v) is 31.2. The van der Waals surface area contributed by atoms with Gasteiger partial charge in [0.1, 0.15) is 11.2 Å². The number of aliphatic hydroxyl groups excluding tert-OH is 1. The van der Waals surface area contributed by atoms with Gasteiger partial charge in [-0.2, -0.15) is 0 Å². The standard InChI is InChI=1S/C13H12BrClINO3.C8H4BrClINO.C8H6BrClN2O.C8H7BrN2O.C8H6N2O4.C8H4N2O4.C8H6N2O3.C8H8N2O/c1-13(2,3)20-12(19)17-5-6-9(11(17)18)7(14)4-8(15)10(6)16;2*9-4-1-5(10)7(11)3-2-12-8(13)6(3)4;9-5-1-2-6(10)4-3-11-8(12)7(4)5;2*11-7-4-2-1-3-5(10(13)14)6(4)8(12)9-7;11-8-5-2-1-3-7(10(12)13)6(5)4-9-8;9-7-3-1-2-5-6(7)4-10-8(5)11/h4H,5H2,1-3H3;1H,2H2,(H,12,13);1H,2,11H2,(H,12,13);1-2H,3,10H2,(H,11,12);1-3,8,12H,(H,9,11);1-3H,(H,9,11,12);1-3H,4H2,(H,9,11);1-3H,4,9H2,(H,10,11). The fraction of sp³-hybridized carbons (Fsp3) is 0.159. The Morgan fingerprint density at radius 2 is 0.918 bits per heavy atom. The average molecular weight is 2050 g/mol. The molecule has 0 bridgehead atoms. The van der Waals surface area contributed by atoms with Gasteiger partial charge in [0.15, 0.2) is 6.23 Å². The molecule has 14 N–H and O–H groups in total. The number of hydrogen-bond acceptors (Lipinski definition) is 21. The topological polar surface area (TPSA) is 495 Å². The maximum Gasteiger partial charge on any atom is 0.417 e. The minimum atomic E-state index is -1.28. The van der Waals surface area contributed by atoms with Crippen LogP contribution in [0.15, 0.2) is 121 Å². The second-order valence-electron chi connectivity index (χ2n) is 24.4. The Labute approximate surface area is 697 Å². The highest BCUT2D eigenvalue weighted by Gasteiger charge is 2.40. The maximum atomic E-state index is 12.4. The molecule has 0 radical (unpaired) electrons. The zero-order valence-corrected chi connectivity index (χ0v) is 69.4. The summed E-state index contributed by atoms with van der Waals surface area (Å²) < 4.78 is 9.84. The van der Waals surface area contributed by atoms with Gasteiger partial charge in [-0.05, 0) is 196 Å². The summed E-state index contributed by atoms with van der Waals surface area (Å²) in [4.78, 5) is 145. The Kier molecular flexibility index (Phi) is 27.1. The van der Waals surface area contributed by atoms with Crippen LogP contribution in [0, 0.1) is 37.5 Å². The molecule has 1 unspecified atom stereocenters. The number of nitrogen functional groups attached to an aromatic ring is 3. The molecule has 0 aliphatic carbocycles. The van der Waals surface area contributed by atoms with Crippen LogP contribution in [0.1, 0.15) is 159 Å². The molecule has 570 valence electrons. The van der Waals surface area contributed by atoms with E-state index in [9.17, 15) is 83.4 Å². The number of hydrogen-bond donors (Lipinski definition) is 11. The third-order valence-electron chi connectivity index (χ3n) is 16.5. The van der Waals surface area contributed by atoms with Crippen molar-refractivity contribution in [1.29, 1.82) is 0 Å². The van der Waals surface area contributed by atoms with Crippen molar-refractivity contribution in [3.63, 3.8) is 0 Å². The van der Waals surface area contributed by atoms with E-state index in [-0.39, 0.29) is 87.8 Å². The first-order valence-corrected chi connectivity index (χ1v) is 37.9. The van der Waals surface area contributed by atoms with Crippen molar-refractivity contribution in [2.24, 2.45) is 0 Å². The molecule has 41 heteroatoms. The van der Waals surface area contributed by atoms with Gasteiger partial charge in [0, 0.05) is 109 Å². The quantitative estimate of drug-likeness (QED) is 0.0195. The number of nitrogens with one attached hydrogen (secondary N) is 7. The zero-order chi connectivity index (χ0) is 81.0. The summed E-state index contributed by atoms with van der Waals surface area (Å²) in [5.74, 6) is -2.60. The highest BCUT2D eigenvalue weighted by atomic mass is 127. The molecule has 16 rings (SSSR count). The predicted molar refractivity (Wildman–Crippen MR) is 432 cm³/mol. The minimum Gasteiger partial charge on any atom is -0.443 e. The van der Waals surface area contributed by atoms with E-state index in [0.717, 1.165) is 48.8 Å². The van der Waals surface area contributed by atoms with E-state index >= 15 is 0 Å². The van der Waals surface area contributed by atoms with Crippen molar-refractivity contribution in [3.05, 3.63) is 263 Å². The summed E-state index contributed by atoms with van der Waals surface area (Å²) in [6.07, 6.45) is -1.92. The normalized spacial score (nSPS) is 14.8. The first kappa shape index (κ1) is 84.5. The molecule has 0 spiro atoms. The smallest absolute Gasteiger partial charge is 0.417 e. The summed E-state index contributed by atoms with van der Waals surface area (Å²) in [5, 5.41) is 60.3. The van der Waals surface area contributed by atoms with Crippen molar-refractivity contribution in [3.8, 4) is 0 Å². The van der Waals surface area contributed by atoms with Gasteiger partial charge < -0.3 is 58.9 Å². The first-order chi connectivity index (χ1) is 51.7. The summed E-state index contributed by atoms with van der Waals surface area (Å²) in [7, 11) is 0. The molecular formula is C69H53Br4Cl3I2N14O18. The number of nitrogens with two attached hydrogens (primary N) is 3. The molecular weight excluding hydrogens is 1990 g/mol. The Morgan fingerprint density at radius 3 is 1.46 bits per heavy atom. The van der Waals surface area contributed by atoms with Crippen LogP contribution in [-0.2, 0) is 44.0 Å².